The van der Waals surface area contributed by atoms with Crippen LogP contribution in [0.4, 0.5) is 0 Å². The second-order valence-electron chi connectivity index (χ2n) is 12.7. The molecule has 0 saturated heterocycles. The molecule has 0 radical (unpaired) electrons. The third kappa shape index (κ3) is 8.63. The molecule has 4 aliphatic carbocycles. The highest BCUT2D eigenvalue weighted by Crippen LogP contribution is 2.45. The van der Waals surface area contributed by atoms with Gasteiger partial charge in [0, 0.05) is 6.21 Å². The molecule has 0 aromatic heterocycles. The molecule has 5 atom stereocenters. The fraction of sp³-hybridized carbons (Fsp3) is 0.622. The van der Waals surface area contributed by atoms with Crippen LogP contribution in [0.25, 0.3) is 0 Å². The fourth-order valence-electron chi connectivity index (χ4n) is 8.04. The summed E-state index contributed by atoms with van der Waals surface area (Å²) in [5.74, 6) is 2.97. The molecule has 0 spiro atoms. The maximum Gasteiger partial charge on any atom is 0.0174 e. The van der Waals surface area contributed by atoms with Crippen molar-refractivity contribution >= 4 is 12.4 Å². The SMILES string of the molecule is C=C1C=CCCC1C(CCCC1=CCC(C2CCCC3=C2CCCC3)C=C1)C(C=N)CCCCC/C=C\C=N. The number of allylic oxidation sites excluding steroid dienone is 11. The van der Waals surface area contributed by atoms with E-state index in [1.807, 2.05) is 17.2 Å². The Morgan fingerprint density at radius 2 is 1.82 bits per heavy atom. The van der Waals surface area contributed by atoms with Gasteiger partial charge in [0.05, 0.1) is 0 Å². The topological polar surface area (TPSA) is 47.7 Å². The van der Waals surface area contributed by atoms with Crippen LogP contribution in [0.3, 0.4) is 0 Å². The van der Waals surface area contributed by atoms with Crippen molar-refractivity contribution in [2.45, 2.75) is 116 Å². The van der Waals surface area contributed by atoms with Gasteiger partial charge in [-0.2, -0.15) is 0 Å². The summed E-state index contributed by atoms with van der Waals surface area (Å²) in [7, 11) is 0. The summed E-state index contributed by atoms with van der Waals surface area (Å²) < 4.78 is 0. The molecule has 4 rings (SSSR count). The summed E-state index contributed by atoms with van der Waals surface area (Å²) in [6.07, 6.45) is 41.9. The monoisotopic (exact) mass is 526 g/mol. The van der Waals surface area contributed by atoms with E-state index in [4.69, 9.17) is 10.8 Å². The molecule has 2 N–H and O–H groups in total. The van der Waals surface area contributed by atoms with Crippen molar-refractivity contribution in [2.24, 2.45) is 29.6 Å². The highest BCUT2D eigenvalue weighted by Gasteiger charge is 2.31. The Labute approximate surface area is 239 Å². The zero-order valence-electron chi connectivity index (χ0n) is 24.5. The summed E-state index contributed by atoms with van der Waals surface area (Å²) in [4.78, 5) is 0. The van der Waals surface area contributed by atoms with Gasteiger partial charge in [-0.05, 0) is 145 Å². The Morgan fingerprint density at radius 3 is 2.62 bits per heavy atom. The Morgan fingerprint density at radius 1 is 0.949 bits per heavy atom. The summed E-state index contributed by atoms with van der Waals surface area (Å²) in [5, 5.41) is 15.4. The number of hydrogen-bond donors (Lipinski definition) is 2. The van der Waals surface area contributed by atoms with Gasteiger partial charge < -0.3 is 10.8 Å². The van der Waals surface area contributed by atoms with Crippen molar-refractivity contribution in [3.05, 3.63) is 71.4 Å². The first-order valence-corrected chi connectivity index (χ1v) is 16.3. The van der Waals surface area contributed by atoms with E-state index in [1.54, 1.807) is 11.8 Å². The van der Waals surface area contributed by atoms with Crippen molar-refractivity contribution in [1.82, 2.24) is 0 Å². The normalized spacial score (nSPS) is 26.8. The molecule has 4 aliphatic rings. The van der Waals surface area contributed by atoms with Crippen LogP contribution in [0.2, 0.25) is 0 Å². The molecule has 2 nitrogen and oxygen atoms in total. The lowest BCUT2D eigenvalue weighted by Crippen LogP contribution is -2.27. The van der Waals surface area contributed by atoms with E-state index in [9.17, 15) is 0 Å². The highest BCUT2D eigenvalue weighted by molar-refractivity contribution is 5.67. The Bertz CT molecular complexity index is 969. The van der Waals surface area contributed by atoms with Gasteiger partial charge in [-0.15, -0.1) is 0 Å². The summed E-state index contributed by atoms with van der Waals surface area (Å²) in [6, 6.07) is 0. The fourth-order valence-corrected chi connectivity index (χ4v) is 8.04. The quantitative estimate of drug-likeness (QED) is 0.121. The predicted octanol–water partition coefficient (Wildman–Crippen LogP) is 10.9. The van der Waals surface area contributed by atoms with E-state index in [-0.39, 0.29) is 0 Å². The molecule has 0 aromatic carbocycles. The molecular weight excluding hydrogens is 472 g/mol. The van der Waals surface area contributed by atoms with Crippen LogP contribution in [0.1, 0.15) is 116 Å². The van der Waals surface area contributed by atoms with E-state index in [2.05, 4.69) is 43.0 Å². The average Bonchev–Trinajstić information content (AvgIpc) is 2.98. The van der Waals surface area contributed by atoms with Crippen molar-refractivity contribution in [1.29, 1.82) is 10.8 Å². The highest BCUT2D eigenvalue weighted by atomic mass is 14.4. The van der Waals surface area contributed by atoms with Crippen LogP contribution >= 0.6 is 0 Å². The molecule has 0 saturated carbocycles. The van der Waals surface area contributed by atoms with E-state index < -0.39 is 0 Å². The van der Waals surface area contributed by atoms with Crippen molar-refractivity contribution in [3.63, 3.8) is 0 Å². The Hall–Kier alpha value is -2.22. The van der Waals surface area contributed by atoms with E-state index in [1.165, 1.54) is 108 Å². The largest absolute Gasteiger partial charge is 0.313 e. The summed E-state index contributed by atoms with van der Waals surface area (Å²) in [6.45, 7) is 4.44. The smallest absolute Gasteiger partial charge is 0.0174 e. The number of unbranched alkanes of at least 4 members (excludes halogenated alkanes) is 3. The van der Waals surface area contributed by atoms with Gasteiger partial charge in [-0.3, -0.25) is 0 Å². The molecule has 0 heterocycles. The average molecular weight is 527 g/mol. The first-order valence-electron chi connectivity index (χ1n) is 16.3. The molecule has 0 aromatic rings. The molecular formula is C37H54N2. The van der Waals surface area contributed by atoms with Gasteiger partial charge in [-0.1, -0.05) is 78.2 Å². The van der Waals surface area contributed by atoms with Crippen LogP contribution < -0.4 is 0 Å². The number of hydrogen-bond acceptors (Lipinski definition) is 2. The molecule has 5 unspecified atom stereocenters. The van der Waals surface area contributed by atoms with E-state index in [0.717, 1.165) is 31.1 Å². The molecule has 0 aliphatic heterocycles. The zero-order valence-corrected chi connectivity index (χ0v) is 24.5. The van der Waals surface area contributed by atoms with Crippen molar-refractivity contribution in [2.75, 3.05) is 0 Å². The van der Waals surface area contributed by atoms with Gasteiger partial charge in [-0.25, -0.2) is 0 Å². The minimum atomic E-state index is 0.361. The van der Waals surface area contributed by atoms with Gasteiger partial charge in [0.2, 0.25) is 0 Å². The minimum absolute atomic E-state index is 0.361. The predicted molar refractivity (Wildman–Crippen MR) is 170 cm³/mol. The maximum absolute atomic E-state index is 8.33. The lowest BCUT2D eigenvalue weighted by Gasteiger charge is -2.36. The van der Waals surface area contributed by atoms with Gasteiger partial charge in [0.1, 0.15) is 0 Å². The third-order valence-electron chi connectivity index (χ3n) is 10.2. The van der Waals surface area contributed by atoms with Crippen LogP contribution in [-0.2, 0) is 0 Å². The van der Waals surface area contributed by atoms with Gasteiger partial charge >= 0.3 is 0 Å². The van der Waals surface area contributed by atoms with E-state index >= 15 is 0 Å². The van der Waals surface area contributed by atoms with Crippen LogP contribution in [0.15, 0.2) is 71.4 Å². The summed E-state index contributed by atoms with van der Waals surface area (Å²) >= 11 is 0. The second-order valence-corrected chi connectivity index (χ2v) is 12.7. The van der Waals surface area contributed by atoms with Crippen LogP contribution in [0.5, 0.6) is 0 Å². The number of rotatable bonds is 15. The summed E-state index contributed by atoms with van der Waals surface area (Å²) in [5.41, 5.74) is 6.54. The lowest BCUT2D eigenvalue weighted by molar-refractivity contribution is 0.261. The molecule has 39 heavy (non-hydrogen) atoms. The maximum atomic E-state index is 8.33. The third-order valence-corrected chi connectivity index (χ3v) is 10.2. The van der Waals surface area contributed by atoms with Gasteiger partial charge in [0.15, 0.2) is 0 Å². The first kappa shape index (κ1) is 29.8. The zero-order chi connectivity index (χ0) is 27.3. The van der Waals surface area contributed by atoms with Crippen molar-refractivity contribution < 1.29 is 0 Å². The lowest BCUT2D eigenvalue weighted by atomic mass is 9.69. The van der Waals surface area contributed by atoms with Crippen LogP contribution in [-0.4, -0.2) is 12.4 Å². The molecule has 0 fully saturated rings. The van der Waals surface area contributed by atoms with Crippen molar-refractivity contribution in [3.8, 4) is 0 Å². The molecule has 212 valence electrons. The van der Waals surface area contributed by atoms with Gasteiger partial charge in [0.25, 0.3) is 0 Å². The standard InChI is InChI=1S/C37H54N2/c1-29-14-7-9-19-34(29)37(33(28-39)17-6-4-2-3-5-11-27-38)21-12-15-30-23-25-32(26-24-30)36-22-13-18-31-16-8-10-20-35(31)36/h5,7,11,14,23-25,27-28,32-34,36-39H,1-4,6,8-10,12-13,15-22,26H2/b11-5-,38-27?,39-28?. The second kappa shape index (κ2) is 16.1. The molecule has 2 heteroatoms. The van der Waals surface area contributed by atoms with E-state index in [0.29, 0.717) is 17.8 Å². The Kier molecular flexibility index (Phi) is 12.3. The first-order chi connectivity index (χ1) is 19.2. The molecule has 0 amide bonds. The minimum Gasteiger partial charge on any atom is -0.313 e. The molecule has 0 bridgehead atoms. The number of nitrogens with one attached hydrogen (secondary N) is 2. The van der Waals surface area contributed by atoms with Crippen LogP contribution in [0, 0.1) is 40.4 Å². The Balaban J connectivity index is 1.29.